The van der Waals surface area contributed by atoms with E-state index in [1.54, 1.807) is 40.9 Å². The highest BCUT2D eigenvalue weighted by Gasteiger charge is 2.17. The molecule has 0 bridgehead atoms. The molecule has 0 aliphatic rings. The van der Waals surface area contributed by atoms with Crippen LogP contribution < -0.4 is 0 Å². The van der Waals surface area contributed by atoms with E-state index in [0.717, 1.165) is 0 Å². The van der Waals surface area contributed by atoms with Gasteiger partial charge < -0.3 is 9.84 Å². The number of halogens is 1. The van der Waals surface area contributed by atoms with Crippen LogP contribution in [0.3, 0.4) is 0 Å². The predicted octanol–water partition coefficient (Wildman–Crippen LogP) is 3.82. The van der Waals surface area contributed by atoms with E-state index in [1.165, 1.54) is 13.2 Å². The zero-order valence-corrected chi connectivity index (χ0v) is 13.4. The normalized spacial score (nSPS) is 11.2. The molecule has 0 aliphatic carbocycles. The standard InChI is InChI=1S/C16H13ClN4O3/c1-24-14(23)9-12-15(20-19-11-6-3-2-5-10(11)17)21-8-4-7-13(22)16(21)18-12/h2-8,22H,9H2,1H3. The number of carbonyl (C=O) groups is 1. The molecule has 7 nitrogen and oxygen atoms in total. The second-order valence-corrected chi connectivity index (χ2v) is 5.28. The number of imidazole rings is 1. The van der Waals surface area contributed by atoms with Crippen molar-refractivity contribution < 1.29 is 14.6 Å². The molecule has 0 fully saturated rings. The minimum Gasteiger partial charge on any atom is -0.504 e. The van der Waals surface area contributed by atoms with Crippen LogP contribution in [-0.4, -0.2) is 27.6 Å². The van der Waals surface area contributed by atoms with Crippen molar-refractivity contribution in [3.05, 3.63) is 53.3 Å². The van der Waals surface area contributed by atoms with Crippen LogP contribution >= 0.6 is 11.6 Å². The number of hydrogen-bond donors (Lipinski definition) is 1. The summed E-state index contributed by atoms with van der Waals surface area (Å²) in [5.41, 5.74) is 1.11. The summed E-state index contributed by atoms with van der Waals surface area (Å²) in [7, 11) is 1.29. The molecule has 1 N–H and O–H groups in total. The average Bonchev–Trinajstić information content (AvgIpc) is 2.93. The van der Waals surface area contributed by atoms with Gasteiger partial charge in [-0.2, -0.15) is 0 Å². The van der Waals surface area contributed by atoms with Crippen molar-refractivity contribution in [2.24, 2.45) is 10.2 Å². The number of aromatic nitrogens is 2. The number of esters is 1. The largest absolute Gasteiger partial charge is 0.504 e. The molecule has 2 heterocycles. The van der Waals surface area contributed by atoms with Gasteiger partial charge in [0, 0.05) is 6.20 Å². The Morgan fingerprint density at radius 2 is 2.08 bits per heavy atom. The summed E-state index contributed by atoms with van der Waals surface area (Å²) >= 11 is 6.06. The molecule has 1 aromatic carbocycles. The first kappa shape index (κ1) is 15.9. The maximum Gasteiger partial charge on any atom is 0.311 e. The monoisotopic (exact) mass is 344 g/mol. The van der Waals surface area contributed by atoms with Gasteiger partial charge in [-0.15, -0.1) is 10.2 Å². The SMILES string of the molecule is COC(=O)Cc1nc2c(O)cccn2c1N=Nc1ccccc1Cl. The number of ether oxygens (including phenoxy) is 1. The lowest BCUT2D eigenvalue weighted by Crippen LogP contribution is -2.04. The molecule has 0 saturated carbocycles. The minimum atomic E-state index is -0.466. The van der Waals surface area contributed by atoms with E-state index in [-0.39, 0.29) is 17.8 Å². The molecule has 0 spiro atoms. The first-order chi connectivity index (χ1) is 11.6. The smallest absolute Gasteiger partial charge is 0.311 e. The Balaban J connectivity index is 2.10. The number of pyridine rings is 1. The molecule has 0 amide bonds. The Morgan fingerprint density at radius 1 is 1.29 bits per heavy atom. The topological polar surface area (TPSA) is 88.5 Å². The molecule has 0 atom stereocenters. The lowest BCUT2D eigenvalue weighted by Gasteiger charge is -2.00. The molecular formula is C16H13ClN4O3. The molecule has 122 valence electrons. The summed E-state index contributed by atoms with van der Waals surface area (Å²) < 4.78 is 6.22. The zero-order valence-electron chi connectivity index (χ0n) is 12.7. The van der Waals surface area contributed by atoms with Crippen molar-refractivity contribution in [3.8, 4) is 5.75 Å². The molecular weight excluding hydrogens is 332 g/mol. The Kier molecular flexibility index (Phi) is 4.43. The van der Waals surface area contributed by atoms with Crippen LogP contribution in [0.2, 0.25) is 5.02 Å². The summed E-state index contributed by atoms with van der Waals surface area (Å²) in [4.78, 5) is 15.9. The second kappa shape index (κ2) is 6.67. The van der Waals surface area contributed by atoms with Crippen LogP contribution in [0, 0.1) is 0 Å². The number of aromatic hydroxyl groups is 1. The van der Waals surface area contributed by atoms with Gasteiger partial charge in [0.25, 0.3) is 0 Å². The van der Waals surface area contributed by atoms with Gasteiger partial charge >= 0.3 is 5.97 Å². The van der Waals surface area contributed by atoms with E-state index >= 15 is 0 Å². The van der Waals surface area contributed by atoms with E-state index in [9.17, 15) is 9.90 Å². The summed E-state index contributed by atoms with van der Waals surface area (Å²) in [5, 5.41) is 18.7. The van der Waals surface area contributed by atoms with Crippen LogP contribution in [0.4, 0.5) is 11.5 Å². The summed E-state index contributed by atoms with van der Waals surface area (Å²) in [6, 6.07) is 10.1. The molecule has 3 aromatic rings. The van der Waals surface area contributed by atoms with E-state index < -0.39 is 5.97 Å². The van der Waals surface area contributed by atoms with E-state index in [4.69, 9.17) is 11.6 Å². The van der Waals surface area contributed by atoms with Crippen molar-refractivity contribution in [2.45, 2.75) is 6.42 Å². The van der Waals surface area contributed by atoms with Gasteiger partial charge in [0.2, 0.25) is 0 Å². The fourth-order valence-corrected chi connectivity index (χ4v) is 2.33. The molecule has 0 saturated heterocycles. The van der Waals surface area contributed by atoms with Gasteiger partial charge in [-0.1, -0.05) is 23.7 Å². The first-order valence-corrected chi connectivity index (χ1v) is 7.40. The van der Waals surface area contributed by atoms with Gasteiger partial charge in [-0.05, 0) is 24.3 Å². The van der Waals surface area contributed by atoms with Gasteiger partial charge in [0.05, 0.1) is 24.2 Å². The number of carbonyl (C=O) groups excluding carboxylic acids is 1. The lowest BCUT2D eigenvalue weighted by molar-refractivity contribution is -0.139. The predicted molar refractivity (Wildman–Crippen MR) is 88.2 cm³/mol. The molecule has 8 heteroatoms. The Morgan fingerprint density at radius 3 is 2.83 bits per heavy atom. The van der Waals surface area contributed by atoms with Gasteiger partial charge in [0.15, 0.2) is 17.2 Å². The third-order valence-corrected chi connectivity index (χ3v) is 3.64. The maximum atomic E-state index is 11.6. The number of nitrogens with zero attached hydrogens (tertiary/aromatic N) is 4. The number of benzene rings is 1. The van der Waals surface area contributed by atoms with Crippen LogP contribution in [0.15, 0.2) is 52.8 Å². The molecule has 0 unspecified atom stereocenters. The molecule has 0 aliphatic heterocycles. The van der Waals surface area contributed by atoms with Crippen molar-refractivity contribution in [2.75, 3.05) is 7.11 Å². The highest BCUT2D eigenvalue weighted by molar-refractivity contribution is 6.32. The first-order valence-electron chi connectivity index (χ1n) is 7.02. The number of azo groups is 1. The van der Waals surface area contributed by atoms with Gasteiger partial charge in [-0.25, -0.2) is 4.98 Å². The fraction of sp³-hybridized carbons (Fsp3) is 0.125. The third kappa shape index (κ3) is 3.07. The highest BCUT2D eigenvalue weighted by atomic mass is 35.5. The van der Waals surface area contributed by atoms with Gasteiger partial charge in [0.1, 0.15) is 5.69 Å². The van der Waals surface area contributed by atoms with Gasteiger partial charge in [-0.3, -0.25) is 9.20 Å². The lowest BCUT2D eigenvalue weighted by atomic mass is 10.3. The van der Waals surface area contributed by atoms with Crippen molar-refractivity contribution >= 4 is 34.7 Å². The fourth-order valence-electron chi connectivity index (χ4n) is 2.16. The summed E-state index contributed by atoms with van der Waals surface area (Å²) in [6.07, 6.45) is 1.58. The van der Waals surface area contributed by atoms with E-state index in [1.807, 2.05) is 0 Å². The Labute approximate surface area is 142 Å². The number of methoxy groups -OCH3 is 1. The average molecular weight is 345 g/mol. The zero-order chi connectivity index (χ0) is 17.1. The van der Waals surface area contributed by atoms with Crippen LogP contribution in [0.1, 0.15) is 5.69 Å². The molecule has 0 radical (unpaired) electrons. The Hall–Kier alpha value is -2.93. The maximum absolute atomic E-state index is 11.6. The van der Waals surface area contributed by atoms with Crippen LogP contribution in [0.5, 0.6) is 5.75 Å². The van der Waals surface area contributed by atoms with Crippen molar-refractivity contribution in [3.63, 3.8) is 0 Å². The van der Waals surface area contributed by atoms with E-state index in [2.05, 4.69) is 19.9 Å². The van der Waals surface area contributed by atoms with Crippen molar-refractivity contribution in [1.82, 2.24) is 9.38 Å². The number of fused-ring (bicyclic) bond motifs is 1. The number of hydrogen-bond acceptors (Lipinski definition) is 6. The Bertz CT molecular complexity index is 936. The van der Waals surface area contributed by atoms with Crippen LogP contribution in [-0.2, 0) is 16.0 Å². The quantitative estimate of drug-likeness (QED) is 0.575. The third-order valence-electron chi connectivity index (χ3n) is 3.32. The second-order valence-electron chi connectivity index (χ2n) is 4.87. The van der Waals surface area contributed by atoms with Crippen LogP contribution in [0.25, 0.3) is 5.65 Å². The molecule has 24 heavy (non-hydrogen) atoms. The number of rotatable bonds is 4. The molecule has 3 rings (SSSR count). The van der Waals surface area contributed by atoms with Crippen molar-refractivity contribution in [1.29, 1.82) is 0 Å². The van der Waals surface area contributed by atoms with E-state index in [0.29, 0.717) is 22.2 Å². The summed E-state index contributed by atoms with van der Waals surface area (Å²) in [5.74, 6) is -0.166. The minimum absolute atomic E-state index is 0.0252. The summed E-state index contributed by atoms with van der Waals surface area (Å²) in [6.45, 7) is 0. The molecule has 2 aromatic heterocycles. The highest BCUT2D eigenvalue weighted by Crippen LogP contribution is 2.30.